The zero-order valence-electron chi connectivity index (χ0n) is 16.8. The van der Waals surface area contributed by atoms with Crippen LogP contribution >= 0.6 is 0 Å². The van der Waals surface area contributed by atoms with Gasteiger partial charge in [0.1, 0.15) is 6.04 Å². The number of aliphatic hydroxyl groups excluding tert-OH is 1. The maximum Gasteiger partial charge on any atom is 0.335 e. The summed E-state index contributed by atoms with van der Waals surface area (Å²) in [5.74, 6) is -3.20. The van der Waals surface area contributed by atoms with Gasteiger partial charge < -0.3 is 15.9 Å². The van der Waals surface area contributed by atoms with Gasteiger partial charge in [0, 0.05) is 24.5 Å². The fraction of sp³-hybridized carbons (Fsp3) is 0.238. The zero-order chi connectivity index (χ0) is 23.4. The number of piperidine rings is 1. The maximum absolute atomic E-state index is 12.5. The number of aliphatic hydroxyl groups is 1. The van der Waals surface area contributed by atoms with Crippen molar-refractivity contribution in [1.29, 1.82) is 0 Å². The number of aromatic carboxylic acids is 1. The van der Waals surface area contributed by atoms with E-state index in [0.717, 1.165) is 9.80 Å². The number of hydrogen-bond donors (Lipinski definition) is 3. The number of carbonyl (C=O) groups excluding carboxylic acids is 4. The molecule has 11 heteroatoms. The number of hydrogen-bond acceptors (Lipinski definition) is 8. The lowest BCUT2D eigenvalue weighted by Crippen LogP contribution is -2.56. The van der Waals surface area contributed by atoms with Crippen molar-refractivity contribution in [2.45, 2.75) is 18.9 Å². The molecule has 2 aliphatic heterocycles. The van der Waals surface area contributed by atoms with Crippen LogP contribution in [0.4, 0.5) is 5.69 Å². The second-order valence-corrected chi connectivity index (χ2v) is 6.95. The van der Waals surface area contributed by atoms with E-state index in [1.54, 1.807) is 6.07 Å². The number of rotatable bonds is 4. The van der Waals surface area contributed by atoms with E-state index < -0.39 is 35.6 Å². The van der Waals surface area contributed by atoms with E-state index in [1.165, 1.54) is 36.7 Å². The van der Waals surface area contributed by atoms with E-state index in [2.05, 4.69) is 4.98 Å². The number of nitrogens with two attached hydrogens (primary N) is 1. The summed E-state index contributed by atoms with van der Waals surface area (Å²) in [6.45, 7) is -0.529. The Labute approximate surface area is 182 Å². The highest BCUT2D eigenvalue weighted by Crippen LogP contribution is 2.31. The van der Waals surface area contributed by atoms with Gasteiger partial charge in [0.15, 0.2) is 0 Å². The van der Waals surface area contributed by atoms with Crippen LogP contribution in [0.3, 0.4) is 0 Å². The quantitative estimate of drug-likeness (QED) is 0.442. The first kappa shape index (κ1) is 22.6. The van der Waals surface area contributed by atoms with Gasteiger partial charge in [-0.05, 0) is 30.7 Å². The van der Waals surface area contributed by atoms with Crippen LogP contribution in [0.2, 0.25) is 0 Å². The molecule has 11 nitrogen and oxygen atoms in total. The fourth-order valence-corrected chi connectivity index (χ4v) is 3.50. The van der Waals surface area contributed by atoms with Crippen LogP contribution in [0, 0.1) is 0 Å². The number of nitrogens with zero attached hydrogens (tertiary/aromatic N) is 3. The summed E-state index contributed by atoms with van der Waals surface area (Å²) in [6, 6.07) is 6.40. The van der Waals surface area contributed by atoms with Crippen molar-refractivity contribution in [3.8, 4) is 0 Å². The first-order valence-electron chi connectivity index (χ1n) is 9.62. The summed E-state index contributed by atoms with van der Waals surface area (Å²) in [6.07, 6.45) is 3.00. The van der Waals surface area contributed by atoms with Gasteiger partial charge in [-0.1, -0.05) is 6.07 Å². The molecule has 0 radical (unpaired) electrons. The van der Waals surface area contributed by atoms with E-state index in [0.29, 0.717) is 0 Å². The molecule has 1 atom stereocenters. The van der Waals surface area contributed by atoms with Crippen molar-refractivity contribution < 1.29 is 34.2 Å². The van der Waals surface area contributed by atoms with Gasteiger partial charge in [0.05, 0.1) is 29.8 Å². The number of aromatic nitrogens is 1. The average Bonchev–Trinajstić information content (AvgIpc) is 3.04. The van der Waals surface area contributed by atoms with Crippen molar-refractivity contribution in [3.63, 3.8) is 0 Å². The summed E-state index contributed by atoms with van der Waals surface area (Å²) in [7, 11) is 0. The number of amides is 4. The molecule has 1 saturated heterocycles. The molecule has 0 spiro atoms. The standard InChI is InChI=1S/C15H15N3O5.C6H5NO2/c16-9-3-1-2-8-12(9)15(23)18(13(8)21)10-4-5-11(20)17(6-7-19)14(10)22;8-6(9)5-1-3-7-4-2-5/h1-3,10,19H,4-7,16H2;1-4H,(H,8,9). The van der Waals surface area contributed by atoms with Crippen molar-refractivity contribution in [3.05, 3.63) is 59.4 Å². The number of imide groups is 2. The predicted octanol–water partition coefficient (Wildman–Crippen LogP) is 0.155. The molecule has 32 heavy (non-hydrogen) atoms. The van der Waals surface area contributed by atoms with Crippen LogP contribution < -0.4 is 5.73 Å². The Morgan fingerprint density at radius 1 is 1.09 bits per heavy atom. The van der Waals surface area contributed by atoms with Crippen molar-refractivity contribution in [1.82, 2.24) is 14.8 Å². The zero-order valence-corrected chi connectivity index (χ0v) is 16.8. The number of carbonyl (C=O) groups is 5. The van der Waals surface area contributed by atoms with Crippen LogP contribution in [0.25, 0.3) is 0 Å². The molecule has 4 amide bonds. The number of anilines is 1. The van der Waals surface area contributed by atoms with Crippen molar-refractivity contribution >= 4 is 35.3 Å². The first-order valence-corrected chi connectivity index (χ1v) is 9.62. The van der Waals surface area contributed by atoms with E-state index >= 15 is 0 Å². The molecular weight excluding hydrogens is 420 g/mol. The molecule has 0 aliphatic carbocycles. The average molecular weight is 440 g/mol. The van der Waals surface area contributed by atoms with Crippen LogP contribution in [0.1, 0.15) is 43.9 Å². The number of carboxylic acid groups (broad SMARTS) is 1. The molecule has 1 fully saturated rings. The van der Waals surface area contributed by atoms with Crippen LogP contribution in [0.5, 0.6) is 0 Å². The lowest BCUT2D eigenvalue weighted by atomic mass is 10.0. The van der Waals surface area contributed by atoms with Gasteiger partial charge in [-0.15, -0.1) is 0 Å². The minimum absolute atomic E-state index is 0.0271. The summed E-state index contributed by atoms with van der Waals surface area (Å²) >= 11 is 0. The normalized spacial score (nSPS) is 17.7. The van der Waals surface area contributed by atoms with Gasteiger partial charge in [0.25, 0.3) is 17.7 Å². The Kier molecular flexibility index (Phi) is 6.59. The van der Waals surface area contributed by atoms with Gasteiger partial charge >= 0.3 is 5.97 Å². The maximum atomic E-state index is 12.5. The number of pyridine rings is 1. The molecule has 1 aromatic heterocycles. The molecule has 0 saturated carbocycles. The Morgan fingerprint density at radius 2 is 1.78 bits per heavy atom. The minimum atomic E-state index is -1.05. The molecule has 3 heterocycles. The largest absolute Gasteiger partial charge is 0.478 e. The molecule has 0 bridgehead atoms. The van der Waals surface area contributed by atoms with Crippen LogP contribution in [0.15, 0.2) is 42.7 Å². The number of nitrogen functional groups attached to an aromatic ring is 1. The molecule has 166 valence electrons. The monoisotopic (exact) mass is 440 g/mol. The highest BCUT2D eigenvalue weighted by atomic mass is 16.4. The highest BCUT2D eigenvalue weighted by Gasteiger charge is 2.47. The number of benzene rings is 1. The minimum Gasteiger partial charge on any atom is -0.478 e. The second-order valence-electron chi connectivity index (χ2n) is 6.95. The van der Waals surface area contributed by atoms with Crippen molar-refractivity contribution in [2.75, 3.05) is 18.9 Å². The lowest BCUT2D eigenvalue weighted by Gasteiger charge is -2.34. The Hall–Kier alpha value is -4.12. The molecule has 2 aliphatic rings. The Balaban J connectivity index is 0.000000269. The summed E-state index contributed by atoms with van der Waals surface area (Å²) in [5, 5.41) is 17.3. The summed E-state index contributed by atoms with van der Waals surface area (Å²) < 4.78 is 0. The van der Waals surface area contributed by atoms with E-state index in [1.807, 2.05) is 0 Å². The van der Waals surface area contributed by atoms with E-state index in [-0.39, 0.29) is 48.4 Å². The van der Waals surface area contributed by atoms with Crippen molar-refractivity contribution in [2.24, 2.45) is 0 Å². The number of likely N-dealkylation sites (tertiary alicyclic amines) is 1. The smallest absolute Gasteiger partial charge is 0.335 e. The van der Waals surface area contributed by atoms with Crippen LogP contribution in [-0.2, 0) is 9.59 Å². The van der Waals surface area contributed by atoms with Gasteiger partial charge in [-0.2, -0.15) is 0 Å². The summed E-state index contributed by atoms with van der Waals surface area (Å²) in [4.78, 5) is 64.9. The van der Waals surface area contributed by atoms with Gasteiger partial charge in [-0.25, -0.2) is 4.79 Å². The van der Waals surface area contributed by atoms with E-state index in [9.17, 15) is 24.0 Å². The number of fused-ring (bicyclic) bond motifs is 1. The third-order valence-corrected chi connectivity index (χ3v) is 5.02. The van der Waals surface area contributed by atoms with Gasteiger partial charge in [0.2, 0.25) is 5.91 Å². The third kappa shape index (κ3) is 4.18. The van der Waals surface area contributed by atoms with E-state index in [4.69, 9.17) is 15.9 Å². The SMILES string of the molecule is Nc1cccc2c1C(=O)N(C1CCC(=O)N(CCO)C1=O)C2=O.O=C(O)c1ccncc1. The molecule has 1 unspecified atom stereocenters. The predicted molar refractivity (Wildman–Crippen MR) is 109 cm³/mol. The summed E-state index contributed by atoms with van der Waals surface area (Å²) in [5.41, 5.74) is 6.46. The number of β-amino-alcohol motifs (C(OH)–C–C–N with tert-alkyl or cyclic N) is 1. The Bertz CT molecular complexity index is 1090. The molecule has 4 N–H and O–H groups in total. The molecule has 4 rings (SSSR count). The third-order valence-electron chi connectivity index (χ3n) is 5.02. The molecular formula is C21H20N4O7. The second kappa shape index (κ2) is 9.35. The lowest BCUT2D eigenvalue weighted by molar-refractivity contribution is -0.152. The van der Waals surface area contributed by atoms with Gasteiger partial charge in [-0.3, -0.25) is 34.0 Å². The fourth-order valence-electron chi connectivity index (χ4n) is 3.50. The first-order chi connectivity index (χ1) is 15.3. The molecule has 1 aromatic carbocycles. The molecule has 2 aromatic rings. The Morgan fingerprint density at radius 3 is 2.34 bits per heavy atom. The number of carboxylic acids is 1. The highest BCUT2D eigenvalue weighted by molar-refractivity contribution is 6.25. The topological polar surface area (TPSA) is 171 Å². The van der Waals surface area contributed by atoms with Crippen LogP contribution in [-0.4, -0.2) is 73.8 Å².